The third kappa shape index (κ3) is 1.59. The van der Waals surface area contributed by atoms with E-state index in [2.05, 4.69) is 5.32 Å². The molecule has 3 rings (SSSR count). The predicted molar refractivity (Wildman–Crippen MR) is 62.0 cm³/mol. The Morgan fingerprint density at radius 2 is 1.94 bits per heavy atom. The molecule has 3 fully saturated rings. The van der Waals surface area contributed by atoms with Gasteiger partial charge in [0.1, 0.15) is 0 Å². The summed E-state index contributed by atoms with van der Waals surface area (Å²) in [5.74, 6) is 0.919. The van der Waals surface area contributed by atoms with E-state index < -0.39 is 0 Å². The van der Waals surface area contributed by atoms with E-state index in [1.54, 1.807) is 4.90 Å². The summed E-state index contributed by atoms with van der Waals surface area (Å²) < 4.78 is 0. The van der Waals surface area contributed by atoms with Gasteiger partial charge >= 0.3 is 6.03 Å². The fourth-order valence-electron chi connectivity index (χ4n) is 3.68. The van der Waals surface area contributed by atoms with Gasteiger partial charge in [0, 0.05) is 19.1 Å². The summed E-state index contributed by atoms with van der Waals surface area (Å²) in [6.45, 7) is 2.89. The molecule has 4 nitrogen and oxygen atoms in total. The van der Waals surface area contributed by atoms with Gasteiger partial charge in [0.05, 0.1) is 0 Å². The van der Waals surface area contributed by atoms with E-state index in [0.29, 0.717) is 5.41 Å². The van der Waals surface area contributed by atoms with Crippen LogP contribution in [-0.2, 0) is 0 Å². The molecule has 90 valence electrons. The topological polar surface area (TPSA) is 58.4 Å². The maximum atomic E-state index is 11.1. The molecule has 0 aromatic heterocycles. The van der Waals surface area contributed by atoms with Crippen LogP contribution in [0.25, 0.3) is 0 Å². The van der Waals surface area contributed by atoms with Crippen molar-refractivity contribution < 1.29 is 4.79 Å². The van der Waals surface area contributed by atoms with E-state index in [1.807, 2.05) is 0 Å². The first-order valence-corrected chi connectivity index (χ1v) is 6.49. The summed E-state index contributed by atoms with van der Waals surface area (Å²) in [7, 11) is 0. The van der Waals surface area contributed by atoms with Crippen LogP contribution in [-0.4, -0.2) is 36.6 Å². The van der Waals surface area contributed by atoms with Crippen LogP contribution in [0.1, 0.15) is 32.1 Å². The molecule has 0 aromatic carbocycles. The quantitative estimate of drug-likeness (QED) is 0.694. The van der Waals surface area contributed by atoms with E-state index in [4.69, 9.17) is 5.73 Å². The van der Waals surface area contributed by atoms with Crippen LogP contribution in [0.3, 0.4) is 0 Å². The van der Waals surface area contributed by atoms with E-state index in [9.17, 15) is 4.79 Å². The van der Waals surface area contributed by atoms with Crippen LogP contribution in [0.15, 0.2) is 0 Å². The molecule has 3 N–H and O–H groups in total. The molecule has 2 aliphatic heterocycles. The zero-order chi connectivity index (χ0) is 11.2. The van der Waals surface area contributed by atoms with Crippen LogP contribution < -0.4 is 11.1 Å². The predicted octanol–water partition coefficient (Wildman–Crippen LogP) is 0.919. The lowest BCUT2D eigenvalue weighted by molar-refractivity contribution is 0.101. The van der Waals surface area contributed by atoms with Crippen molar-refractivity contribution in [2.24, 2.45) is 17.1 Å². The van der Waals surface area contributed by atoms with Crippen molar-refractivity contribution in [3.8, 4) is 0 Å². The average molecular weight is 223 g/mol. The maximum Gasteiger partial charge on any atom is 0.314 e. The number of urea groups is 1. The molecule has 16 heavy (non-hydrogen) atoms. The Hall–Kier alpha value is -0.770. The number of hydrogen-bond donors (Lipinski definition) is 2. The number of primary amides is 1. The van der Waals surface area contributed by atoms with Crippen molar-refractivity contribution in [2.75, 3.05) is 19.6 Å². The second-order valence-corrected chi connectivity index (χ2v) is 5.71. The number of carbonyl (C=O) groups excluding carboxylic acids is 1. The van der Waals surface area contributed by atoms with Crippen LogP contribution in [0, 0.1) is 11.3 Å². The summed E-state index contributed by atoms with van der Waals surface area (Å²) in [6, 6.07) is 0.478. The minimum Gasteiger partial charge on any atom is -0.351 e. The number of likely N-dealkylation sites (tertiary alicyclic amines) is 1. The van der Waals surface area contributed by atoms with Crippen molar-refractivity contribution in [1.29, 1.82) is 0 Å². The Labute approximate surface area is 96.5 Å². The van der Waals surface area contributed by atoms with E-state index in [0.717, 1.165) is 44.4 Å². The molecule has 2 amide bonds. The van der Waals surface area contributed by atoms with Crippen LogP contribution in [0.5, 0.6) is 0 Å². The van der Waals surface area contributed by atoms with E-state index >= 15 is 0 Å². The van der Waals surface area contributed by atoms with E-state index in [1.165, 1.54) is 19.3 Å². The average Bonchev–Trinajstić information content (AvgIpc) is 3.03. The fraction of sp³-hybridized carbons (Fsp3) is 0.917. The SMILES string of the molecule is NC(=O)N1CCC2(CCNC2C2CC2)CC1. The summed E-state index contributed by atoms with van der Waals surface area (Å²) in [6.07, 6.45) is 6.38. The lowest BCUT2D eigenvalue weighted by Gasteiger charge is -2.42. The van der Waals surface area contributed by atoms with Gasteiger partial charge in [-0.05, 0) is 50.0 Å². The largest absolute Gasteiger partial charge is 0.351 e. The first-order valence-electron chi connectivity index (χ1n) is 6.49. The monoisotopic (exact) mass is 223 g/mol. The van der Waals surface area contributed by atoms with Crippen molar-refractivity contribution in [2.45, 2.75) is 38.1 Å². The summed E-state index contributed by atoms with van der Waals surface area (Å²) in [5.41, 5.74) is 5.81. The van der Waals surface area contributed by atoms with Crippen molar-refractivity contribution in [3.05, 3.63) is 0 Å². The Morgan fingerprint density at radius 1 is 1.25 bits per heavy atom. The van der Waals surface area contributed by atoms with Crippen LogP contribution in [0.4, 0.5) is 4.79 Å². The Bertz CT molecular complexity index is 293. The number of rotatable bonds is 1. The van der Waals surface area contributed by atoms with Gasteiger partial charge in [-0.25, -0.2) is 4.79 Å². The van der Waals surface area contributed by atoms with Crippen molar-refractivity contribution in [3.63, 3.8) is 0 Å². The molecule has 1 spiro atoms. The molecule has 3 aliphatic rings. The molecule has 0 bridgehead atoms. The summed E-state index contributed by atoms with van der Waals surface area (Å²) in [4.78, 5) is 12.9. The molecule has 2 saturated heterocycles. The molecule has 1 saturated carbocycles. The highest BCUT2D eigenvalue weighted by Crippen LogP contribution is 2.50. The highest BCUT2D eigenvalue weighted by Gasteiger charge is 2.50. The van der Waals surface area contributed by atoms with Crippen molar-refractivity contribution >= 4 is 6.03 Å². The third-order valence-corrected chi connectivity index (χ3v) is 4.81. The van der Waals surface area contributed by atoms with E-state index in [-0.39, 0.29) is 6.03 Å². The minimum atomic E-state index is -0.247. The highest BCUT2D eigenvalue weighted by atomic mass is 16.2. The Morgan fingerprint density at radius 3 is 2.50 bits per heavy atom. The molecule has 2 heterocycles. The normalized spacial score (nSPS) is 33.2. The van der Waals surface area contributed by atoms with Gasteiger partial charge in [0.15, 0.2) is 0 Å². The second-order valence-electron chi connectivity index (χ2n) is 5.71. The molecule has 1 unspecified atom stereocenters. The van der Waals surface area contributed by atoms with Gasteiger partial charge in [0.25, 0.3) is 0 Å². The highest BCUT2D eigenvalue weighted by molar-refractivity contribution is 5.72. The summed E-state index contributed by atoms with van der Waals surface area (Å²) >= 11 is 0. The smallest absolute Gasteiger partial charge is 0.314 e. The van der Waals surface area contributed by atoms with Crippen LogP contribution in [0.2, 0.25) is 0 Å². The lowest BCUT2D eigenvalue weighted by Crippen LogP contribution is -2.50. The van der Waals surface area contributed by atoms with Gasteiger partial charge < -0.3 is 16.0 Å². The number of carbonyl (C=O) groups is 1. The van der Waals surface area contributed by atoms with Gasteiger partial charge in [-0.2, -0.15) is 0 Å². The third-order valence-electron chi connectivity index (χ3n) is 4.81. The van der Waals surface area contributed by atoms with Crippen molar-refractivity contribution in [1.82, 2.24) is 10.2 Å². The first kappa shape index (κ1) is 10.4. The standard InChI is InChI=1S/C12H21N3O/c13-11(16)15-7-4-12(5-8-15)3-6-14-10(12)9-1-2-9/h9-10,14H,1-8H2,(H2,13,16). The minimum absolute atomic E-state index is 0.247. The Balaban J connectivity index is 1.68. The summed E-state index contributed by atoms with van der Waals surface area (Å²) in [5, 5.41) is 3.69. The van der Waals surface area contributed by atoms with Gasteiger partial charge in [0.2, 0.25) is 0 Å². The molecule has 0 aromatic rings. The number of nitrogens with two attached hydrogens (primary N) is 1. The number of hydrogen-bond acceptors (Lipinski definition) is 2. The molecular weight excluding hydrogens is 202 g/mol. The zero-order valence-electron chi connectivity index (χ0n) is 9.74. The molecule has 0 radical (unpaired) electrons. The second kappa shape index (κ2) is 3.62. The fourth-order valence-corrected chi connectivity index (χ4v) is 3.68. The maximum absolute atomic E-state index is 11.1. The number of nitrogens with zero attached hydrogens (tertiary/aromatic N) is 1. The zero-order valence-corrected chi connectivity index (χ0v) is 9.74. The van der Waals surface area contributed by atoms with Crippen LogP contribution >= 0.6 is 0 Å². The molecule has 4 heteroatoms. The molecular formula is C12H21N3O. The Kier molecular flexibility index (Phi) is 2.35. The van der Waals surface area contributed by atoms with Gasteiger partial charge in [-0.15, -0.1) is 0 Å². The molecule has 1 aliphatic carbocycles. The van der Waals surface area contributed by atoms with Gasteiger partial charge in [-0.1, -0.05) is 0 Å². The molecule has 1 atom stereocenters. The number of piperidine rings is 1. The number of amides is 2. The number of nitrogens with one attached hydrogen (secondary N) is 1. The van der Waals surface area contributed by atoms with Gasteiger partial charge in [-0.3, -0.25) is 0 Å². The first-order chi connectivity index (χ1) is 7.71. The lowest BCUT2D eigenvalue weighted by atomic mass is 9.71.